The molecule has 2 rings (SSSR count). The van der Waals surface area contributed by atoms with E-state index in [0.29, 0.717) is 21.4 Å². The van der Waals surface area contributed by atoms with Gasteiger partial charge in [-0.1, -0.05) is 49.5 Å². The molecular formula is C14H19Cl2N. The zero-order valence-corrected chi connectivity index (χ0v) is 11.9. The largest absolute Gasteiger partial charge is 0.324 e. The molecule has 2 atom stereocenters. The predicted octanol–water partition coefficient (Wildman–Crippen LogP) is 4.82. The molecule has 1 aromatic carbocycles. The van der Waals surface area contributed by atoms with Crippen LogP contribution in [0.25, 0.3) is 0 Å². The average molecular weight is 272 g/mol. The van der Waals surface area contributed by atoms with Crippen LogP contribution >= 0.6 is 23.2 Å². The summed E-state index contributed by atoms with van der Waals surface area (Å²) in [5.41, 5.74) is 7.81. The monoisotopic (exact) mass is 271 g/mol. The van der Waals surface area contributed by atoms with Crippen LogP contribution in [0.4, 0.5) is 0 Å². The Morgan fingerprint density at radius 1 is 1.29 bits per heavy atom. The van der Waals surface area contributed by atoms with Crippen LogP contribution in [0.3, 0.4) is 0 Å². The highest BCUT2D eigenvalue weighted by Gasteiger charge is 2.38. The maximum atomic E-state index is 6.39. The average Bonchev–Trinajstić information content (AvgIpc) is 2.61. The second kappa shape index (κ2) is 4.79. The zero-order valence-electron chi connectivity index (χ0n) is 10.3. The third-order valence-corrected chi connectivity index (χ3v) is 4.84. The first-order valence-electron chi connectivity index (χ1n) is 6.12. The topological polar surface area (TPSA) is 26.0 Å². The molecule has 1 aliphatic rings. The highest BCUT2D eigenvalue weighted by Crippen LogP contribution is 2.48. The van der Waals surface area contributed by atoms with Gasteiger partial charge in [-0.3, -0.25) is 0 Å². The van der Waals surface area contributed by atoms with E-state index >= 15 is 0 Å². The van der Waals surface area contributed by atoms with Gasteiger partial charge in [-0.05, 0) is 41.9 Å². The number of hydrogen-bond acceptors (Lipinski definition) is 1. The summed E-state index contributed by atoms with van der Waals surface area (Å²) in [6.45, 7) is 4.62. The lowest BCUT2D eigenvalue weighted by Crippen LogP contribution is -2.29. The fourth-order valence-electron chi connectivity index (χ4n) is 2.97. The Labute approximate surface area is 113 Å². The quantitative estimate of drug-likeness (QED) is 0.820. The molecule has 0 aliphatic heterocycles. The summed E-state index contributed by atoms with van der Waals surface area (Å²) < 4.78 is 0. The summed E-state index contributed by atoms with van der Waals surface area (Å²) in [6.07, 6.45) is 3.73. The van der Waals surface area contributed by atoms with Gasteiger partial charge in [-0.25, -0.2) is 0 Å². The van der Waals surface area contributed by atoms with Gasteiger partial charge in [-0.15, -0.1) is 0 Å². The SMILES string of the molecule is CC1(C)CCCC1C(N)c1ccc(Cl)c(Cl)c1. The lowest BCUT2D eigenvalue weighted by atomic mass is 9.76. The molecule has 1 aliphatic carbocycles. The Hall–Kier alpha value is -0.240. The van der Waals surface area contributed by atoms with Crippen LogP contribution in [0.2, 0.25) is 10.0 Å². The standard InChI is InChI=1S/C14H19Cl2N/c1-14(2)7-3-4-10(14)13(17)9-5-6-11(15)12(16)8-9/h5-6,8,10,13H,3-4,7,17H2,1-2H3. The van der Waals surface area contributed by atoms with Gasteiger partial charge in [0.05, 0.1) is 10.0 Å². The highest BCUT2D eigenvalue weighted by molar-refractivity contribution is 6.42. The number of rotatable bonds is 2. The van der Waals surface area contributed by atoms with Crippen LogP contribution in [0.1, 0.15) is 44.7 Å². The predicted molar refractivity (Wildman–Crippen MR) is 74.5 cm³/mol. The number of hydrogen-bond donors (Lipinski definition) is 1. The summed E-state index contributed by atoms with van der Waals surface area (Å²) in [7, 11) is 0. The minimum absolute atomic E-state index is 0.0577. The van der Waals surface area contributed by atoms with Crippen molar-refractivity contribution >= 4 is 23.2 Å². The van der Waals surface area contributed by atoms with E-state index in [-0.39, 0.29) is 6.04 Å². The van der Waals surface area contributed by atoms with Crippen molar-refractivity contribution in [2.24, 2.45) is 17.1 Å². The molecule has 1 fully saturated rings. The molecule has 0 aromatic heterocycles. The first-order valence-corrected chi connectivity index (χ1v) is 6.88. The van der Waals surface area contributed by atoms with E-state index in [1.807, 2.05) is 18.2 Å². The Morgan fingerprint density at radius 3 is 2.53 bits per heavy atom. The third kappa shape index (κ3) is 2.62. The summed E-state index contributed by atoms with van der Waals surface area (Å²) in [4.78, 5) is 0. The van der Waals surface area contributed by atoms with Gasteiger partial charge in [-0.2, -0.15) is 0 Å². The normalized spacial score (nSPS) is 24.9. The second-order valence-corrected chi connectivity index (χ2v) is 6.50. The van der Waals surface area contributed by atoms with Gasteiger partial charge in [0.15, 0.2) is 0 Å². The van der Waals surface area contributed by atoms with Crippen LogP contribution in [0, 0.1) is 11.3 Å². The molecule has 0 radical (unpaired) electrons. The zero-order chi connectivity index (χ0) is 12.6. The van der Waals surface area contributed by atoms with Crippen molar-refractivity contribution in [3.63, 3.8) is 0 Å². The van der Waals surface area contributed by atoms with E-state index in [0.717, 1.165) is 5.56 Å². The third-order valence-electron chi connectivity index (χ3n) is 4.10. The molecule has 17 heavy (non-hydrogen) atoms. The molecule has 1 saturated carbocycles. The van der Waals surface area contributed by atoms with Gasteiger partial charge in [0.25, 0.3) is 0 Å². The van der Waals surface area contributed by atoms with Gasteiger partial charge >= 0.3 is 0 Å². The highest BCUT2D eigenvalue weighted by atomic mass is 35.5. The van der Waals surface area contributed by atoms with Crippen molar-refractivity contribution in [3.05, 3.63) is 33.8 Å². The van der Waals surface area contributed by atoms with Crippen LogP contribution < -0.4 is 5.73 Å². The number of halogens is 2. The van der Waals surface area contributed by atoms with Gasteiger partial charge in [0.2, 0.25) is 0 Å². The Bertz CT molecular complexity index is 415. The maximum Gasteiger partial charge on any atom is 0.0595 e. The van der Waals surface area contributed by atoms with Crippen LogP contribution in [-0.2, 0) is 0 Å². The van der Waals surface area contributed by atoms with Crippen molar-refractivity contribution in [2.75, 3.05) is 0 Å². The van der Waals surface area contributed by atoms with Crippen molar-refractivity contribution < 1.29 is 0 Å². The van der Waals surface area contributed by atoms with Crippen LogP contribution in [0.15, 0.2) is 18.2 Å². The molecule has 0 spiro atoms. The summed E-state index contributed by atoms with van der Waals surface area (Å²) in [5.74, 6) is 0.528. The van der Waals surface area contributed by atoms with Crippen molar-refractivity contribution in [3.8, 4) is 0 Å². The first kappa shape index (κ1) is 13.2. The van der Waals surface area contributed by atoms with Crippen LogP contribution in [-0.4, -0.2) is 0 Å². The Kier molecular flexibility index (Phi) is 3.72. The van der Waals surface area contributed by atoms with Gasteiger partial charge in [0.1, 0.15) is 0 Å². The molecule has 94 valence electrons. The second-order valence-electron chi connectivity index (χ2n) is 5.69. The molecule has 2 N–H and O–H groups in total. The van der Waals surface area contributed by atoms with E-state index in [1.165, 1.54) is 19.3 Å². The van der Waals surface area contributed by atoms with Gasteiger partial charge < -0.3 is 5.73 Å². The maximum absolute atomic E-state index is 6.39. The van der Waals surface area contributed by atoms with Crippen molar-refractivity contribution in [1.29, 1.82) is 0 Å². The van der Waals surface area contributed by atoms with Crippen molar-refractivity contribution in [2.45, 2.75) is 39.2 Å². The lowest BCUT2D eigenvalue weighted by molar-refractivity contribution is 0.222. The number of benzene rings is 1. The minimum Gasteiger partial charge on any atom is -0.324 e. The van der Waals surface area contributed by atoms with Gasteiger partial charge in [0, 0.05) is 6.04 Å². The summed E-state index contributed by atoms with van der Waals surface area (Å²) >= 11 is 12.0. The lowest BCUT2D eigenvalue weighted by Gasteiger charge is -2.32. The Balaban J connectivity index is 2.25. The van der Waals surface area contributed by atoms with E-state index < -0.39 is 0 Å². The smallest absolute Gasteiger partial charge is 0.0595 e. The molecule has 0 amide bonds. The van der Waals surface area contributed by atoms with Crippen molar-refractivity contribution in [1.82, 2.24) is 0 Å². The molecule has 3 heteroatoms. The Morgan fingerprint density at radius 2 is 2.00 bits per heavy atom. The summed E-state index contributed by atoms with van der Waals surface area (Å²) in [6, 6.07) is 5.79. The molecule has 0 bridgehead atoms. The van der Waals surface area contributed by atoms with E-state index in [9.17, 15) is 0 Å². The molecule has 0 heterocycles. The van der Waals surface area contributed by atoms with E-state index in [2.05, 4.69) is 13.8 Å². The van der Waals surface area contributed by atoms with Crippen LogP contribution in [0.5, 0.6) is 0 Å². The molecule has 0 saturated heterocycles. The van der Waals surface area contributed by atoms with E-state index in [4.69, 9.17) is 28.9 Å². The molecule has 1 nitrogen and oxygen atoms in total. The first-order chi connectivity index (χ1) is 7.92. The minimum atomic E-state index is 0.0577. The number of nitrogens with two attached hydrogens (primary N) is 1. The fourth-order valence-corrected chi connectivity index (χ4v) is 3.28. The fraction of sp³-hybridized carbons (Fsp3) is 0.571. The molecule has 2 unspecified atom stereocenters. The van der Waals surface area contributed by atoms with E-state index in [1.54, 1.807) is 0 Å². The molecular weight excluding hydrogens is 253 g/mol. The summed E-state index contributed by atoms with van der Waals surface area (Å²) in [5, 5.41) is 1.18. The molecule has 1 aromatic rings.